The Morgan fingerprint density at radius 1 is 0.789 bits per heavy atom. The van der Waals surface area contributed by atoms with Crippen LogP contribution in [0.3, 0.4) is 0 Å². The van der Waals surface area contributed by atoms with Crippen LogP contribution in [-0.2, 0) is 4.52 Å². The van der Waals surface area contributed by atoms with Gasteiger partial charge in [0.2, 0.25) is 0 Å². The molecule has 0 saturated carbocycles. The zero-order valence-electron chi connectivity index (χ0n) is 13.6. The van der Waals surface area contributed by atoms with Crippen molar-refractivity contribution < 1.29 is 9.42 Å². The second-order valence-electron chi connectivity index (χ2n) is 5.99. The standard InChI is InChI=1S/C13H31N3O2P/c1-9(2)15(10(3)4)13(18-19(14)17)16(11(5)6)12(7)8/h9-13H,14H2,1-8H3/q-1. The third kappa shape index (κ3) is 6.03. The van der Waals surface area contributed by atoms with E-state index in [9.17, 15) is 4.89 Å². The summed E-state index contributed by atoms with van der Waals surface area (Å²) in [6.45, 7) is 16.9. The number of rotatable bonds is 8. The SMILES string of the molecule is CC(C)N(C(C)C)C(OP(N)[O-])N(C(C)C)C(C)C. The maximum absolute atomic E-state index is 11.4. The van der Waals surface area contributed by atoms with Gasteiger partial charge in [-0.3, -0.25) is 15.3 Å². The van der Waals surface area contributed by atoms with Crippen molar-refractivity contribution in [1.82, 2.24) is 9.80 Å². The molecule has 0 fully saturated rings. The molecule has 2 N–H and O–H groups in total. The van der Waals surface area contributed by atoms with E-state index in [1.165, 1.54) is 0 Å². The second-order valence-corrected chi connectivity index (χ2v) is 6.77. The smallest absolute Gasteiger partial charge is 0.173 e. The van der Waals surface area contributed by atoms with Crippen molar-refractivity contribution in [2.45, 2.75) is 85.9 Å². The molecule has 0 rings (SSSR count). The summed E-state index contributed by atoms with van der Waals surface area (Å²) in [6, 6.07) is 1.11. The van der Waals surface area contributed by atoms with Crippen LogP contribution in [0.1, 0.15) is 55.4 Å². The molecule has 0 aliphatic heterocycles. The van der Waals surface area contributed by atoms with E-state index in [1.807, 2.05) is 0 Å². The highest BCUT2D eigenvalue weighted by Crippen LogP contribution is 2.28. The number of nitrogens with zero attached hydrogens (tertiary/aromatic N) is 2. The van der Waals surface area contributed by atoms with Gasteiger partial charge in [0.15, 0.2) is 6.35 Å². The zero-order chi connectivity index (χ0) is 15.3. The van der Waals surface area contributed by atoms with Gasteiger partial charge in [0.25, 0.3) is 0 Å². The lowest BCUT2D eigenvalue weighted by atomic mass is 10.2. The molecule has 0 saturated heterocycles. The number of nitrogens with two attached hydrogens (primary N) is 1. The Kier molecular flexibility index (Phi) is 8.60. The first kappa shape index (κ1) is 19.2. The van der Waals surface area contributed by atoms with E-state index < -0.39 is 8.53 Å². The molecule has 0 amide bonds. The van der Waals surface area contributed by atoms with Crippen LogP contribution < -0.4 is 10.4 Å². The van der Waals surface area contributed by atoms with Crippen LogP contribution in [0.15, 0.2) is 0 Å². The summed E-state index contributed by atoms with van der Waals surface area (Å²) in [4.78, 5) is 15.8. The van der Waals surface area contributed by atoms with Crippen molar-refractivity contribution in [2.75, 3.05) is 0 Å². The van der Waals surface area contributed by atoms with Crippen LogP contribution >= 0.6 is 8.53 Å². The lowest BCUT2D eigenvalue weighted by Crippen LogP contribution is -2.59. The first-order valence-corrected chi connectivity index (χ1v) is 8.27. The summed E-state index contributed by atoms with van der Waals surface area (Å²) in [5, 5.41) is 0. The summed E-state index contributed by atoms with van der Waals surface area (Å²) < 4.78 is 5.56. The van der Waals surface area contributed by atoms with E-state index in [2.05, 4.69) is 65.2 Å². The Labute approximate surface area is 120 Å². The van der Waals surface area contributed by atoms with Gasteiger partial charge in [0.05, 0.1) is 0 Å². The Hall–Kier alpha value is 0.230. The quantitative estimate of drug-likeness (QED) is 0.548. The van der Waals surface area contributed by atoms with Gasteiger partial charge in [-0.1, -0.05) is 0 Å². The average Bonchev–Trinajstić information content (AvgIpc) is 2.12. The van der Waals surface area contributed by atoms with Gasteiger partial charge in [-0.05, 0) is 55.4 Å². The van der Waals surface area contributed by atoms with Gasteiger partial charge in [-0.25, -0.2) is 0 Å². The largest absolute Gasteiger partial charge is 0.796 e. The van der Waals surface area contributed by atoms with Gasteiger partial charge in [0, 0.05) is 32.7 Å². The van der Waals surface area contributed by atoms with Gasteiger partial charge in [-0.15, -0.1) is 0 Å². The molecule has 1 unspecified atom stereocenters. The Morgan fingerprint density at radius 3 is 1.21 bits per heavy atom. The monoisotopic (exact) mass is 292 g/mol. The van der Waals surface area contributed by atoms with Crippen LogP contribution in [0.25, 0.3) is 0 Å². The highest BCUT2D eigenvalue weighted by molar-refractivity contribution is 7.41. The molecule has 0 bridgehead atoms. The Morgan fingerprint density at radius 2 is 1.05 bits per heavy atom. The van der Waals surface area contributed by atoms with Gasteiger partial charge >= 0.3 is 0 Å². The Bertz CT molecular complexity index is 212. The van der Waals surface area contributed by atoms with Gasteiger partial charge in [0.1, 0.15) is 0 Å². The van der Waals surface area contributed by atoms with E-state index in [4.69, 9.17) is 10.0 Å². The molecule has 0 aromatic carbocycles. The van der Waals surface area contributed by atoms with E-state index in [0.29, 0.717) is 0 Å². The van der Waals surface area contributed by atoms with Crippen LogP contribution in [0.4, 0.5) is 0 Å². The molecule has 0 radical (unpaired) electrons. The fourth-order valence-corrected chi connectivity index (χ4v) is 2.97. The lowest BCUT2D eigenvalue weighted by molar-refractivity contribution is -0.215. The molecule has 0 aliphatic rings. The third-order valence-electron chi connectivity index (χ3n) is 3.09. The molecule has 6 heteroatoms. The van der Waals surface area contributed by atoms with Crippen LogP contribution in [0.5, 0.6) is 0 Å². The maximum Gasteiger partial charge on any atom is 0.173 e. The van der Waals surface area contributed by atoms with E-state index in [1.54, 1.807) is 0 Å². The molecule has 0 spiro atoms. The van der Waals surface area contributed by atoms with Crippen molar-refractivity contribution in [3.05, 3.63) is 0 Å². The third-order valence-corrected chi connectivity index (χ3v) is 3.49. The first-order valence-electron chi connectivity index (χ1n) is 7.03. The maximum atomic E-state index is 11.4. The van der Waals surface area contributed by atoms with Gasteiger partial charge < -0.3 is 9.42 Å². The molecule has 116 valence electrons. The summed E-state index contributed by atoms with van der Waals surface area (Å²) >= 11 is 0. The molecule has 0 aliphatic carbocycles. The molecular formula is C13H31N3O2P-. The highest BCUT2D eigenvalue weighted by Gasteiger charge is 2.33. The van der Waals surface area contributed by atoms with Crippen molar-refractivity contribution in [1.29, 1.82) is 0 Å². The van der Waals surface area contributed by atoms with E-state index in [0.717, 1.165) is 0 Å². The van der Waals surface area contributed by atoms with Gasteiger partial charge in [-0.2, -0.15) is 0 Å². The predicted molar refractivity (Wildman–Crippen MR) is 80.2 cm³/mol. The number of hydrogen-bond acceptors (Lipinski definition) is 5. The molecule has 0 aromatic rings. The summed E-state index contributed by atoms with van der Waals surface area (Å²) in [6.07, 6.45) is -0.367. The van der Waals surface area contributed by atoms with Crippen molar-refractivity contribution >= 4 is 8.53 Å². The minimum absolute atomic E-state index is 0.278. The highest BCUT2D eigenvalue weighted by atomic mass is 31.2. The minimum atomic E-state index is -2.14. The average molecular weight is 292 g/mol. The van der Waals surface area contributed by atoms with Crippen LogP contribution in [0, 0.1) is 0 Å². The molecule has 1 atom stereocenters. The van der Waals surface area contributed by atoms with Crippen molar-refractivity contribution in [2.24, 2.45) is 5.50 Å². The van der Waals surface area contributed by atoms with E-state index in [-0.39, 0.29) is 30.5 Å². The summed E-state index contributed by atoms with van der Waals surface area (Å²) in [5.74, 6) is 0. The zero-order valence-corrected chi connectivity index (χ0v) is 14.5. The van der Waals surface area contributed by atoms with Crippen LogP contribution in [0.2, 0.25) is 0 Å². The first-order chi connectivity index (χ1) is 8.59. The molecular weight excluding hydrogens is 261 g/mol. The minimum Gasteiger partial charge on any atom is -0.796 e. The topological polar surface area (TPSA) is 64.8 Å². The molecule has 0 heterocycles. The normalized spacial score (nSPS) is 15.0. The number of hydrogen-bond donors (Lipinski definition) is 1. The molecule has 19 heavy (non-hydrogen) atoms. The van der Waals surface area contributed by atoms with Crippen molar-refractivity contribution in [3.63, 3.8) is 0 Å². The van der Waals surface area contributed by atoms with Crippen LogP contribution in [-0.4, -0.2) is 40.3 Å². The second kappa shape index (κ2) is 8.50. The lowest BCUT2D eigenvalue weighted by Gasteiger charge is -2.48. The molecule has 0 aromatic heterocycles. The fourth-order valence-electron chi connectivity index (χ4n) is 2.57. The fraction of sp³-hybridized carbons (Fsp3) is 1.00. The summed E-state index contributed by atoms with van der Waals surface area (Å²) in [7, 11) is -2.14. The predicted octanol–water partition coefficient (Wildman–Crippen LogP) is 2.07. The Balaban J connectivity index is 5.36. The molecule has 5 nitrogen and oxygen atoms in total. The van der Waals surface area contributed by atoms with E-state index >= 15 is 0 Å². The van der Waals surface area contributed by atoms with Crippen molar-refractivity contribution in [3.8, 4) is 0 Å². The summed E-state index contributed by atoms with van der Waals surface area (Å²) in [5.41, 5.74) is 5.40.